The van der Waals surface area contributed by atoms with Crippen LogP contribution in [-0.2, 0) is 25.4 Å². The fraction of sp³-hybridized carbons (Fsp3) is 0.629. The van der Waals surface area contributed by atoms with Gasteiger partial charge in [-0.25, -0.2) is 9.97 Å². The third-order valence-corrected chi connectivity index (χ3v) is 9.72. The molecule has 0 radical (unpaired) electrons. The molecule has 0 amide bonds. The third kappa shape index (κ3) is 7.30. The lowest BCUT2D eigenvalue weighted by Gasteiger charge is -2.43. The molecule has 9 heteroatoms. The Kier molecular flexibility index (Phi) is 9.08. The predicted molar refractivity (Wildman–Crippen MR) is 171 cm³/mol. The SMILES string of the molecule is CC(C)(C)OC(=O)CCC(CCc1ccccc1)CC1CN(C[C@H]2C[C@@H](n3ccc4c(Cl)ncnc43)[C@@H]3OC(C)(C)O[C@H]23)C1. The van der Waals surface area contributed by atoms with Crippen LogP contribution in [0.2, 0.25) is 5.15 Å². The number of carbonyl (C=O) groups excluding carboxylic acids is 1. The lowest BCUT2D eigenvalue weighted by Crippen LogP contribution is -2.50. The van der Waals surface area contributed by atoms with Gasteiger partial charge in [0.1, 0.15) is 28.8 Å². The summed E-state index contributed by atoms with van der Waals surface area (Å²) in [6.45, 7) is 13.0. The van der Waals surface area contributed by atoms with Crippen LogP contribution in [0.25, 0.3) is 11.0 Å². The number of aryl methyl sites for hydroxylation is 1. The molecule has 1 unspecified atom stereocenters. The van der Waals surface area contributed by atoms with Gasteiger partial charge in [-0.2, -0.15) is 0 Å². The van der Waals surface area contributed by atoms with E-state index < -0.39 is 11.4 Å². The maximum atomic E-state index is 12.5. The van der Waals surface area contributed by atoms with Gasteiger partial charge in [0.15, 0.2) is 5.79 Å². The van der Waals surface area contributed by atoms with Crippen LogP contribution in [0.1, 0.15) is 78.3 Å². The smallest absolute Gasteiger partial charge is 0.306 e. The number of hydrogen-bond donors (Lipinski definition) is 0. The summed E-state index contributed by atoms with van der Waals surface area (Å²) in [6, 6.07) is 12.8. The van der Waals surface area contributed by atoms with E-state index in [1.807, 2.05) is 40.7 Å². The van der Waals surface area contributed by atoms with E-state index >= 15 is 0 Å². The molecule has 0 spiro atoms. The number of hydrogen-bond acceptors (Lipinski definition) is 7. The van der Waals surface area contributed by atoms with Crippen LogP contribution in [0.3, 0.4) is 0 Å². The fourth-order valence-corrected chi connectivity index (χ4v) is 7.79. The summed E-state index contributed by atoms with van der Waals surface area (Å²) in [5.74, 6) is 0.807. The van der Waals surface area contributed by atoms with Crippen molar-refractivity contribution in [1.82, 2.24) is 19.4 Å². The highest BCUT2D eigenvalue weighted by molar-refractivity contribution is 6.33. The summed E-state index contributed by atoms with van der Waals surface area (Å²) in [6.07, 6.45) is 9.21. The summed E-state index contributed by atoms with van der Waals surface area (Å²) in [5.41, 5.74) is 1.77. The minimum Gasteiger partial charge on any atom is -0.460 e. The lowest BCUT2D eigenvalue weighted by molar-refractivity contribution is -0.161. The molecule has 3 aliphatic rings. The summed E-state index contributed by atoms with van der Waals surface area (Å²) in [7, 11) is 0. The molecule has 8 nitrogen and oxygen atoms in total. The molecule has 1 saturated carbocycles. The van der Waals surface area contributed by atoms with Crippen LogP contribution in [0.15, 0.2) is 48.9 Å². The molecule has 1 aliphatic carbocycles. The third-order valence-electron chi connectivity index (χ3n) is 9.42. The molecule has 0 N–H and O–H groups in total. The van der Waals surface area contributed by atoms with Gasteiger partial charge < -0.3 is 23.7 Å². The first-order chi connectivity index (χ1) is 20.9. The van der Waals surface area contributed by atoms with Gasteiger partial charge in [0.25, 0.3) is 0 Å². The van der Waals surface area contributed by atoms with E-state index in [2.05, 4.69) is 56.0 Å². The Labute approximate surface area is 266 Å². The number of likely N-dealkylation sites (tertiary alicyclic amines) is 1. The first kappa shape index (κ1) is 31.5. The molecule has 6 rings (SSSR count). The van der Waals surface area contributed by atoms with E-state index in [1.54, 1.807) is 0 Å². The normalized spacial score (nSPS) is 26.0. The monoisotopic (exact) mass is 622 g/mol. The predicted octanol–water partition coefficient (Wildman–Crippen LogP) is 6.86. The van der Waals surface area contributed by atoms with Gasteiger partial charge in [-0.15, -0.1) is 0 Å². The largest absolute Gasteiger partial charge is 0.460 e. The van der Waals surface area contributed by atoms with Gasteiger partial charge in [0.05, 0.1) is 17.5 Å². The van der Waals surface area contributed by atoms with E-state index in [0.717, 1.165) is 62.8 Å². The topological polar surface area (TPSA) is 78.7 Å². The number of halogens is 1. The zero-order valence-electron chi connectivity index (χ0n) is 26.7. The van der Waals surface area contributed by atoms with Crippen molar-refractivity contribution in [3.8, 4) is 0 Å². The molecule has 3 fully saturated rings. The number of aromatic nitrogens is 3. The number of carbonyl (C=O) groups is 1. The summed E-state index contributed by atoms with van der Waals surface area (Å²) in [4.78, 5) is 23.8. The second kappa shape index (κ2) is 12.7. The average molecular weight is 623 g/mol. The number of fused-ring (bicyclic) bond motifs is 2. The van der Waals surface area contributed by atoms with Crippen molar-refractivity contribution in [2.45, 2.75) is 103 Å². The van der Waals surface area contributed by atoms with Crippen LogP contribution < -0.4 is 0 Å². The number of ether oxygens (including phenoxy) is 3. The lowest BCUT2D eigenvalue weighted by atomic mass is 9.83. The minimum absolute atomic E-state index is 0.0355. The Bertz CT molecular complexity index is 1430. The van der Waals surface area contributed by atoms with Crippen molar-refractivity contribution in [3.05, 3.63) is 59.6 Å². The maximum Gasteiger partial charge on any atom is 0.306 e. The van der Waals surface area contributed by atoms with Crippen molar-refractivity contribution in [1.29, 1.82) is 0 Å². The molecule has 2 aliphatic heterocycles. The molecular weight excluding hydrogens is 576 g/mol. The van der Waals surface area contributed by atoms with Crippen molar-refractivity contribution in [2.24, 2.45) is 17.8 Å². The second-order valence-electron chi connectivity index (χ2n) is 14.6. The molecule has 0 bridgehead atoms. The molecular formula is C35H47ClN4O4. The number of nitrogens with zero attached hydrogens (tertiary/aromatic N) is 4. The van der Waals surface area contributed by atoms with Gasteiger partial charge >= 0.3 is 5.97 Å². The summed E-state index contributed by atoms with van der Waals surface area (Å²) < 4.78 is 20.8. The minimum atomic E-state index is -0.612. The Morgan fingerprint density at radius 1 is 1.09 bits per heavy atom. The first-order valence-electron chi connectivity index (χ1n) is 16.2. The Hall–Kier alpha value is -2.52. The van der Waals surface area contributed by atoms with Crippen molar-refractivity contribution in [3.63, 3.8) is 0 Å². The Balaban J connectivity index is 1.06. The van der Waals surface area contributed by atoms with E-state index in [1.165, 1.54) is 11.9 Å². The molecule has 2 aromatic heterocycles. The van der Waals surface area contributed by atoms with Gasteiger partial charge in [-0.1, -0.05) is 41.9 Å². The van der Waals surface area contributed by atoms with Crippen LogP contribution in [0.4, 0.5) is 0 Å². The van der Waals surface area contributed by atoms with Gasteiger partial charge in [0.2, 0.25) is 0 Å². The zero-order valence-corrected chi connectivity index (χ0v) is 27.5. The second-order valence-corrected chi connectivity index (χ2v) is 14.9. The Morgan fingerprint density at radius 2 is 1.84 bits per heavy atom. The van der Waals surface area contributed by atoms with E-state index in [4.69, 9.17) is 25.8 Å². The van der Waals surface area contributed by atoms with Crippen LogP contribution in [0, 0.1) is 17.8 Å². The van der Waals surface area contributed by atoms with Crippen LogP contribution in [-0.4, -0.2) is 68.6 Å². The van der Waals surface area contributed by atoms with Crippen molar-refractivity contribution < 1.29 is 19.0 Å². The molecule has 238 valence electrons. The van der Waals surface area contributed by atoms with Gasteiger partial charge in [0, 0.05) is 38.2 Å². The van der Waals surface area contributed by atoms with Gasteiger partial charge in [-0.3, -0.25) is 4.79 Å². The molecule has 44 heavy (non-hydrogen) atoms. The van der Waals surface area contributed by atoms with E-state index in [9.17, 15) is 4.79 Å². The molecule has 4 heterocycles. The highest BCUT2D eigenvalue weighted by Gasteiger charge is 2.55. The number of benzene rings is 1. The van der Waals surface area contributed by atoms with Crippen molar-refractivity contribution in [2.75, 3.05) is 19.6 Å². The summed E-state index contributed by atoms with van der Waals surface area (Å²) >= 11 is 6.37. The van der Waals surface area contributed by atoms with E-state index in [-0.39, 0.29) is 24.2 Å². The fourth-order valence-electron chi connectivity index (χ4n) is 7.60. The number of esters is 1. The average Bonchev–Trinajstić information content (AvgIpc) is 3.60. The number of rotatable bonds is 11. The quantitative estimate of drug-likeness (QED) is 0.171. The zero-order chi connectivity index (χ0) is 31.1. The standard InChI is InChI=1S/C35H47ClN4O4/c1-34(2,3)42-29(41)14-13-24(12-11-23-9-7-6-8-10-23)17-25-19-39(20-25)21-26-18-28(31-30(26)43-35(4,5)44-31)40-16-15-27-32(36)37-22-38-33(27)40/h6-10,15-16,22,24-26,28,30-31H,11-14,17-21H2,1-5H3/t24?,26-,28-,30-,31+/m1/s1. The van der Waals surface area contributed by atoms with Gasteiger partial charge in [-0.05, 0) is 90.2 Å². The highest BCUT2D eigenvalue weighted by Crippen LogP contribution is 2.48. The Morgan fingerprint density at radius 3 is 2.59 bits per heavy atom. The first-order valence-corrected chi connectivity index (χ1v) is 16.6. The highest BCUT2D eigenvalue weighted by atomic mass is 35.5. The molecule has 1 aromatic carbocycles. The van der Waals surface area contributed by atoms with Crippen molar-refractivity contribution >= 4 is 28.6 Å². The van der Waals surface area contributed by atoms with Crippen LogP contribution in [0.5, 0.6) is 0 Å². The molecule has 2 saturated heterocycles. The maximum absolute atomic E-state index is 12.5. The molecule has 5 atom stereocenters. The van der Waals surface area contributed by atoms with Crippen LogP contribution >= 0.6 is 11.6 Å². The summed E-state index contributed by atoms with van der Waals surface area (Å²) in [5, 5.41) is 1.34. The molecule has 3 aromatic rings. The van der Waals surface area contributed by atoms with E-state index in [0.29, 0.717) is 29.3 Å².